The molecule has 0 aliphatic rings. The fourth-order valence-electron chi connectivity index (χ4n) is 0.944. The molecule has 0 aliphatic heterocycles. The molecule has 2 nitrogen and oxygen atoms in total. The molecule has 1 aromatic rings. The molecule has 1 unspecified atom stereocenters. The van der Waals surface area contributed by atoms with Crippen molar-refractivity contribution in [2.24, 2.45) is 0 Å². The van der Waals surface area contributed by atoms with E-state index in [-0.39, 0.29) is 11.3 Å². The van der Waals surface area contributed by atoms with E-state index >= 15 is 0 Å². The highest BCUT2D eigenvalue weighted by Crippen LogP contribution is 2.27. The van der Waals surface area contributed by atoms with Crippen LogP contribution in [-0.2, 0) is 0 Å². The minimum Gasteiger partial charge on any atom is -0.406 e. The van der Waals surface area contributed by atoms with Crippen LogP contribution in [0, 0.1) is 11.3 Å². The van der Waals surface area contributed by atoms with E-state index in [1.165, 1.54) is 12.1 Å². The standard InChI is InChI=1S/C9H5ClF3NO/c10-8(5-14)6-2-1-3-7(4-6)15-9(11,12)13/h1-4,8H. The lowest BCUT2D eigenvalue weighted by molar-refractivity contribution is -0.274. The molecule has 1 rings (SSSR count). The van der Waals surface area contributed by atoms with E-state index in [9.17, 15) is 13.2 Å². The Labute approximate surface area is 88.8 Å². The third-order valence-electron chi connectivity index (χ3n) is 1.50. The number of rotatable bonds is 2. The zero-order valence-electron chi connectivity index (χ0n) is 7.25. The first-order chi connectivity index (χ1) is 6.92. The highest BCUT2D eigenvalue weighted by molar-refractivity contribution is 6.22. The zero-order chi connectivity index (χ0) is 11.5. The summed E-state index contributed by atoms with van der Waals surface area (Å²) in [6.45, 7) is 0. The Balaban J connectivity index is 2.89. The first-order valence-corrected chi connectivity index (χ1v) is 4.25. The van der Waals surface area contributed by atoms with Crippen LogP contribution in [0.25, 0.3) is 0 Å². The lowest BCUT2D eigenvalue weighted by Crippen LogP contribution is -2.17. The molecular formula is C9H5ClF3NO. The Morgan fingerprint density at radius 1 is 1.40 bits per heavy atom. The van der Waals surface area contributed by atoms with Gasteiger partial charge in [0.25, 0.3) is 0 Å². The average molecular weight is 236 g/mol. The second-order valence-electron chi connectivity index (χ2n) is 2.61. The van der Waals surface area contributed by atoms with Crippen molar-refractivity contribution in [3.8, 4) is 11.8 Å². The lowest BCUT2D eigenvalue weighted by Gasteiger charge is -2.09. The molecule has 0 aromatic heterocycles. The maximum absolute atomic E-state index is 11.8. The SMILES string of the molecule is N#CC(Cl)c1cccc(OC(F)(F)F)c1. The first kappa shape index (κ1) is 11.7. The molecule has 6 heteroatoms. The number of nitrogens with zero attached hydrogens (tertiary/aromatic N) is 1. The summed E-state index contributed by atoms with van der Waals surface area (Å²) >= 11 is 5.54. The first-order valence-electron chi connectivity index (χ1n) is 3.82. The van der Waals surface area contributed by atoms with Crippen LogP contribution in [0.2, 0.25) is 0 Å². The lowest BCUT2D eigenvalue weighted by atomic mass is 10.1. The summed E-state index contributed by atoms with van der Waals surface area (Å²) in [6, 6.07) is 6.70. The molecule has 80 valence electrons. The van der Waals surface area contributed by atoms with Gasteiger partial charge in [0.05, 0.1) is 6.07 Å². The summed E-state index contributed by atoms with van der Waals surface area (Å²) in [7, 11) is 0. The van der Waals surface area contributed by atoms with Gasteiger partial charge in [-0.25, -0.2) is 0 Å². The van der Waals surface area contributed by atoms with Gasteiger partial charge in [0.1, 0.15) is 11.1 Å². The van der Waals surface area contributed by atoms with Crippen LogP contribution in [0.15, 0.2) is 24.3 Å². The van der Waals surface area contributed by atoms with Crippen LogP contribution >= 0.6 is 11.6 Å². The molecule has 0 bridgehead atoms. The molecule has 0 saturated carbocycles. The highest BCUT2D eigenvalue weighted by atomic mass is 35.5. The quantitative estimate of drug-likeness (QED) is 0.736. The number of hydrogen-bond donors (Lipinski definition) is 0. The summed E-state index contributed by atoms with van der Waals surface area (Å²) in [5.74, 6) is -0.388. The van der Waals surface area contributed by atoms with Gasteiger partial charge in [0, 0.05) is 0 Å². The Morgan fingerprint density at radius 2 is 2.07 bits per heavy atom. The molecule has 1 atom stereocenters. The minimum atomic E-state index is -4.74. The molecule has 1 aromatic carbocycles. The van der Waals surface area contributed by atoms with Crippen molar-refractivity contribution in [3.05, 3.63) is 29.8 Å². The molecule has 0 N–H and O–H groups in total. The highest BCUT2D eigenvalue weighted by Gasteiger charge is 2.31. The van der Waals surface area contributed by atoms with E-state index in [2.05, 4.69) is 4.74 Å². The van der Waals surface area contributed by atoms with Crippen LogP contribution < -0.4 is 4.74 Å². The zero-order valence-corrected chi connectivity index (χ0v) is 8.01. The molecule has 0 fully saturated rings. The van der Waals surface area contributed by atoms with Crippen molar-refractivity contribution in [1.82, 2.24) is 0 Å². The van der Waals surface area contributed by atoms with E-state index in [1.807, 2.05) is 0 Å². The Hall–Kier alpha value is -1.41. The molecule has 0 radical (unpaired) electrons. The third-order valence-corrected chi connectivity index (χ3v) is 1.85. The maximum Gasteiger partial charge on any atom is 0.573 e. The summed E-state index contributed by atoms with van der Waals surface area (Å²) in [6.07, 6.45) is -4.74. The van der Waals surface area contributed by atoms with E-state index in [4.69, 9.17) is 16.9 Å². The minimum absolute atomic E-state index is 0.265. The van der Waals surface area contributed by atoms with Crippen molar-refractivity contribution in [2.75, 3.05) is 0 Å². The van der Waals surface area contributed by atoms with Gasteiger partial charge in [-0.05, 0) is 17.7 Å². The summed E-state index contributed by atoms with van der Waals surface area (Å²) in [5, 5.41) is 7.48. The third kappa shape index (κ3) is 3.68. The molecule has 0 amide bonds. The molecule has 0 saturated heterocycles. The van der Waals surface area contributed by atoms with Gasteiger partial charge in [-0.1, -0.05) is 12.1 Å². The van der Waals surface area contributed by atoms with E-state index < -0.39 is 11.7 Å². The van der Waals surface area contributed by atoms with Gasteiger partial charge in [-0.3, -0.25) is 0 Å². The Bertz CT molecular complexity index is 386. The number of hydrogen-bond acceptors (Lipinski definition) is 2. The number of halogens is 4. The smallest absolute Gasteiger partial charge is 0.406 e. The molecular weight excluding hydrogens is 231 g/mol. The van der Waals surface area contributed by atoms with Crippen molar-refractivity contribution in [2.45, 2.75) is 11.7 Å². The topological polar surface area (TPSA) is 33.0 Å². The van der Waals surface area contributed by atoms with Crippen LogP contribution in [0.4, 0.5) is 13.2 Å². The predicted molar refractivity (Wildman–Crippen MR) is 47.3 cm³/mol. The Morgan fingerprint density at radius 3 is 2.60 bits per heavy atom. The normalized spacial score (nSPS) is 13.0. The van der Waals surface area contributed by atoms with Gasteiger partial charge in [-0.15, -0.1) is 24.8 Å². The van der Waals surface area contributed by atoms with E-state index in [0.717, 1.165) is 12.1 Å². The van der Waals surface area contributed by atoms with Gasteiger partial charge in [0.2, 0.25) is 0 Å². The van der Waals surface area contributed by atoms with Gasteiger partial charge >= 0.3 is 6.36 Å². The molecule has 0 aliphatic carbocycles. The van der Waals surface area contributed by atoms with Crippen LogP contribution in [0.5, 0.6) is 5.75 Å². The number of nitriles is 1. The molecule has 0 heterocycles. The van der Waals surface area contributed by atoms with Crippen molar-refractivity contribution >= 4 is 11.6 Å². The van der Waals surface area contributed by atoms with Crippen LogP contribution in [0.3, 0.4) is 0 Å². The number of benzene rings is 1. The number of alkyl halides is 4. The second kappa shape index (κ2) is 4.41. The largest absolute Gasteiger partial charge is 0.573 e. The van der Waals surface area contributed by atoms with Gasteiger partial charge < -0.3 is 4.74 Å². The Kier molecular flexibility index (Phi) is 3.43. The van der Waals surface area contributed by atoms with Crippen LogP contribution in [-0.4, -0.2) is 6.36 Å². The fourth-order valence-corrected chi connectivity index (χ4v) is 1.08. The van der Waals surface area contributed by atoms with Crippen molar-refractivity contribution in [1.29, 1.82) is 5.26 Å². The average Bonchev–Trinajstić information content (AvgIpc) is 2.14. The predicted octanol–water partition coefficient (Wildman–Crippen LogP) is 3.39. The summed E-state index contributed by atoms with van der Waals surface area (Å²) < 4.78 is 39.2. The van der Waals surface area contributed by atoms with E-state index in [1.54, 1.807) is 6.07 Å². The van der Waals surface area contributed by atoms with Gasteiger partial charge in [0.15, 0.2) is 0 Å². The maximum atomic E-state index is 11.8. The molecule has 0 spiro atoms. The summed E-state index contributed by atoms with van der Waals surface area (Å²) in [4.78, 5) is 0. The number of ether oxygens (including phenoxy) is 1. The summed E-state index contributed by atoms with van der Waals surface area (Å²) in [5.41, 5.74) is 0.265. The van der Waals surface area contributed by atoms with Gasteiger partial charge in [-0.2, -0.15) is 5.26 Å². The molecule has 15 heavy (non-hydrogen) atoms. The van der Waals surface area contributed by atoms with Crippen LogP contribution in [0.1, 0.15) is 10.9 Å². The monoisotopic (exact) mass is 235 g/mol. The van der Waals surface area contributed by atoms with Crippen molar-refractivity contribution < 1.29 is 17.9 Å². The van der Waals surface area contributed by atoms with E-state index in [0.29, 0.717) is 0 Å². The van der Waals surface area contributed by atoms with Crippen molar-refractivity contribution in [3.63, 3.8) is 0 Å². The fraction of sp³-hybridized carbons (Fsp3) is 0.222. The second-order valence-corrected chi connectivity index (χ2v) is 3.05.